The van der Waals surface area contributed by atoms with Gasteiger partial charge in [-0.3, -0.25) is 0 Å². The Morgan fingerprint density at radius 3 is 2.41 bits per heavy atom. The molecule has 17 heavy (non-hydrogen) atoms. The van der Waals surface area contributed by atoms with E-state index in [0.29, 0.717) is 0 Å². The van der Waals surface area contributed by atoms with Crippen LogP contribution in [-0.4, -0.2) is 0 Å². The Morgan fingerprint density at radius 2 is 1.88 bits per heavy atom. The van der Waals surface area contributed by atoms with Gasteiger partial charge in [0.25, 0.3) is 0 Å². The molecule has 0 heterocycles. The minimum absolute atomic E-state index is 0.128. The number of para-hydroxylation sites is 1. The third-order valence-electron chi connectivity index (χ3n) is 2.88. The fourth-order valence-corrected chi connectivity index (χ4v) is 1.69. The van der Waals surface area contributed by atoms with Crippen LogP contribution >= 0.6 is 0 Å². The van der Waals surface area contributed by atoms with Gasteiger partial charge in [-0.05, 0) is 42.0 Å². The maximum Gasteiger partial charge on any atom is 0.0417 e. The standard InChI is InChI=1S/C16H23N/c1-6-8-14(16(3,4)5)11-13-10-7-9-12(2)15(13)17/h6-11H,17H2,1-5H3/b8-6-,14-11+. The summed E-state index contributed by atoms with van der Waals surface area (Å²) in [6, 6.07) is 6.16. The number of nitrogens with two attached hydrogens (primary N) is 1. The van der Waals surface area contributed by atoms with E-state index in [0.717, 1.165) is 16.8 Å². The Labute approximate surface area is 105 Å². The minimum atomic E-state index is 0.128. The van der Waals surface area contributed by atoms with Crippen LogP contribution in [0.3, 0.4) is 0 Å². The van der Waals surface area contributed by atoms with Gasteiger partial charge in [-0.25, -0.2) is 0 Å². The van der Waals surface area contributed by atoms with Crippen LogP contribution in [0.1, 0.15) is 38.8 Å². The van der Waals surface area contributed by atoms with Gasteiger partial charge in [0.15, 0.2) is 0 Å². The number of allylic oxidation sites excluding steroid dienone is 3. The van der Waals surface area contributed by atoms with E-state index in [1.807, 2.05) is 26.0 Å². The molecule has 0 aromatic heterocycles. The molecule has 0 aliphatic carbocycles. The summed E-state index contributed by atoms with van der Waals surface area (Å²) in [4.78, 5) is 0. The molecule has 0 unspecified atom stereocenters. The summed E-state index contributed by atoms with van der Waals surface area (Å²) in [6.45, 7) is 10.7. The second-order valence-corrected chi connectivity index (χ2v) is 5.43. The molecule has 0 atom stereocenters. The first-order valence-corrected chi connectivity index (χ1v) is 6.06. The van der Waals surface area contributed by atoms with Gasteiger partial charge in [0.1, 0.15) is 0 Å². The highest BCUT2D eigenvalue weighted by Gasteiger charge is 2.14. The number of hydrogen-bond donors (Lipinski definition) is 1. The summed E-state index contributed by atoms with van der Waals surface area (Å²) in [5, 5.41) is 0. The Balaban J connectivity index is 3.27. The van der Waals surface area contributed by atoms with E-state index in [1.54, 1.807) is 0 Å². The summed E-state index contributed by atoms with van der Waals surface area (Å²) in [5.41, 5.74) is 10.6. The number of anilines is 1. The van der Waals surface area contributed by atoms with Gasteiger partial charge in [-0.1, -0.05) is 51.1 Å². The zero-order chi connectivity index (χ0) is 13.1. The third kappa shape index (κ3) is 3.48. The van der Waals surface area contributed by atoms with E-state index in [9.17, 15) is 0 Å². The van der Waals surface area contributed by atoms with E-state index < -0.39 is 0 Å². The summed E-state index contributed by atoms with van der Waals surface area (Å²) >= 11 is 0. The van der Waals surface area contributed by atoms with Crippen molar-refractivity contribution in [3.05, 3.63) is 47.1 Å². The quantitative estimate of drug-likeness (QED) is 0.583. The lowest BCUT2D eigenvalue weighted by Crippen LogP contribution is -2.07. The van der Waals surface area contributed by atoms with Crippen molar-refractivity contribution in [2.75, 3.05) is 5.73 Å². The van der Waals surface area contributed by atoms with E-state index in [1.165, 1.54) is 5.57 Å². The zero-order valence-corrected chi connectivity index (χ0v) is 11.5. The molecule has 0 radical (unpaired) electrons. The lowest BCUT2D eigenvalue weighted by molar-refractivity contribution is 0.520. The fourth-order valence-electron chi connectivity index (χ4n) is 1.69. The molecule has 0 saturated carbocycles. The first-order valence-electron chi connectivity index (χ1n) is 6.06. The van der Waals surface area contributed by atoms with Gasteiger partial charge in [0.05, 0.1) is 0 Å². The van der Waals surface area contributed by atoms with Crippen LogP contribution in [0.5, 0.6) is 0 Å². The lowest BCUT2D eigenvalue weighted by Gasteiger charge is -2.21. The normalized spacial score (nSPS) is 13.4. The summed E-state index contributed by atoms with van der Waals surface area (Å²) in [7, 11) is 0. The highest BCUT2D eigenvalue weighted by Crippen LogP contribution is 2.30. The number of benzene rings is 1. The molecule has 0 saturated heterocycles. The summed E-state index contributed by atoms with van der Waals surface area (Å²) < 4.78 is 0. The first-order chi connectivity index (χ1) is 7.86. The maximum absolute atomic E-state index is 6.10. The molecule has 0 amide bonds. The smallest absolute Gasteiger partial charge is 0.0417 e. The molecule has 0 bridgehead atoms. The van der Waals surface area contributed by atoms with Gasteiger partial charge >= 0.3 is 0 Å². The van der Waals surface area contributed by atoms with Crippen molar-refractivity contribution in [3.63, 3.8) is 0 Å². The second-order valence-electron chi connectivity index (χ2n) is 5.43. The molecule has 0 spiro atoms. The fraction of sp³-hybridized carbons (Fsp3) is 0.375. The number of rotatable bonds is 2. The van der Waals surface area contributed by atoms with Crippen LogP contribution in [0, 0.1) is 12.3 Å². The molecule has 1 heteroatoms. The highest BCUT2D eigenvalue weighted by atomic mass is 14.6. The Bertz CT molecular complexity index is 445. The topological polar surface area (TPSA) is 26.0 Å². The molecular weight excluding hydrogens is 206 g/mol. The maximum atomic E-state index is 6.10. The molecule has 0 aliphatic heterocycles. The van der Waals surface area contributed by atoms with Crippen LogP contribution in [-0.2, 0) is 0 Å². The highest BCUT2D eigenvalue weighted by molar-refractivity contribution is 5.70. The van der Waals surface area contributed by atoms with Gasteiger partial charge in [0, 0.05) is 5.69 Å². The molecule has 1 aromatic carbocycles. The van der Waals surface area contributed by atoms with Crippen molar-refractivity contribution in [2.24, 2.45) is 5.41 Å². The second kappa shape index (κ2) is 5.22. The third-order valence-corrected chi connectivity index (χ3v) is 2.88. The number of nitrogen functional groups attached to an aromatic ring is 1. The van der Waals surface area contributed by atoms with Crippen molar-refractivity contribution in [1.82, 2.24) is 0 Å². The van der Waals surface area contributed by atoms with Crippen molar-refractivity contribution >= 4 is 11.8 Å². The zero-order valence-electron chi connectivity index (χ0n) is 11.5. The van der Waals surface area contributed by atoms with Crippen LogP contribution in [0.15, 0.2) is 35.9 Å². The molecule has 0 fully saturated rings. The minimum Gasteiger partial charge on any atom is -0.398 e. The molecule has 1 nitrogen and oxygen atoms in total. The summed E-state index contributed by atoms with van der Waals surface area (Å²) in [6.07, 6.45) is 6.41. The number of aryl methyl sites for hydroxylation is 1. The molecule has 1 aromatic rings. The number of hydrogen-bond acceptors (Lipinski definition) is 1. The van der Waals surface area contributed by atoms with E-state index >= 15 is 0 Å². The van der Waals surface area contributed by atoms with Gasteiger partial charge in [-0.15, -0.1) is 0 Å². The van der Waals surface area contributed by atoms with Crippen molar-refractivity contribution < 1.29 is 0 Å². The van der Waals surface area contributed by atoms with E-state index in [4.69, 9.17) is 5.73 Å². The van der Waals surface area contributed by atoms with Gasteiger partial charge < -0.3 is 5.73 Å². The largest absolute Gasteiger partial charge is 0.398 e. The Kier molecular flexibility index (Phi) is 4.17. The Morgan fingerprint density at radius 1 is 1.24 bits per heavy atom. The Hall–Kier alpha value is -1.50. The monoisotopic (exact) mass is 229 g/mol. The average Bonchev–Trinajstić information content (AvgIpc) is 2.22. The van der Waals surface area contributed by atoms with E-state index in [-0.39, 0.29) is 5.41 Å². The first kappa shape index (κ1) is 13.6. The van der Waals surface area contributed by atoms with Crippen LogP contribution < -0.4 is 5.73 Å². The SMILES string of the molecule is C/C=C\C(=C/c1cccc(C)c1N)C(C)(C)C. The average molecular weight is 229 g/mol. The lowest BCUT2D eigenvalue weighted by atomic mass is 9.84. The predicted molar refractivity (Wildman–Crippen MR) is 77.8 cm³/mol. The van der Waals surface area contributed by atoms with Crippen LogP contribution in [0.2, 0.25) is 0 Å². The summed E-state index contributed by atoms with van der Waals surface area (Å²) in [5.74, 6) is 0. The molecule has 1 rings (SSSR count). The van der Waals surface area contributed by atoms with Crippen LogP contribution in [0.25, 0.3) is 6.08 Å². The van der Waals surface area contributed by atoms with E-state index in [2.05, 4.69) is 45.1 Å². The van der Waals surface area contributed by atoms with Gasteiger partial charge in [-0.2, -0.15) is 0 Å². The van der Waals surface area contributed by atoms with Crippen molar-refractivity contribution in [2.45, 2.75) is 34.6 Å². The molecular formula is C16H23N. The van der Waals surface area contributed by atoms with Crippen molar-refractivity contribution in [1.29, 1.82) is 0 Å². The van der Waals surface area contributed by atoms with Gasteiger partial charge in [0.2, 0.25) is 0 Å². The van der Waals surface area contributed by atoms with Crippen molar-refractivity contribution in [3.8, 4) is 0 Å². The van der Waals surface area contributed by atoms with Crippen LogP contribution in [0.4, 0.5) is 5.69 Å². The molecule has 2 N–H and O–H groups in total. The molecule has 0 aliphatic rings. The molecule has 92 valence electrons. The predicted octanol–water partition coefficient (Wildman–Crippen LogP) is 4.58.